The number of methoxy groups -OCH3 is 2. The van der Waals surface area contributed by atoms with Crippen molar-refractivity contribution in [1.29, 1.82) is 0 Å². The van der Waals surface area contributed by atoms with E-state index in [0.29, 0.717) is 35.2 Å². The predicted octanol–water partition coefficient (Wildman–Crippen LogP) is 3.48. The SMILES string of the molecule is COc1ccc(Nc2ncc(C(=O)NCc3ccc(C)cc3)cn2)c(OC)c1. The molecule has 0 radical (unpaired) electrons. The Morgan fingerprint density at radius 1 is 1.00 bits per heavy atom. The van der Waals surface area contributed by atoms with Crippen molar-refractivity contribution in [2.24, 2.45) is 0 Å². The average molecular weight is 378 g/mol. The lowest BCUT2D eigenvalue weighted by molar-refractivity contribution is 0.0950. The second-order valence-corrected chi connectivity index (χ2v) is 6.15. The number of amides is 1. The molecule has 0 aliphatic carbocycles. The quantitative estimate of drug-likeness (QED) is 0.655. The summed E-state index contributed by atoms with van der Waals surface area (Å²) < 4.78 is 10.5. The summed E-state index contributed by atoms with van der Waals surface area (Å²) in [4.78, 5) is 20.7. The largest absolute Gasteiger partial charge is 0.497 e. The van der Waals surface area contributed by atoms with Gasteiger partial charge < -0.3 is 20.1 Å². The van der Waals surface area contributed by atoms with E-state index in [-0.39, 0.29) is 5.91 Å². The van der Waals surface area contributed by atoms with Crippen molar-refractivity contribution in [3.8, 4) is 11.5 Å². The first-order valence-electron chi connectivity index (χ1n) is 8.74. The maximum atomic E-state index is 12.3. The van der Waals surface area contributed by atoms with Gasteiger partial charge in [0.05, 0.1) is 25.5 Å². The average Bonchev–Trinajstić information content (AvgIpc) is 2.74. The molecule has 28 heavy (non-hydrogen) atoms. The van der Waals surface area contributed by atoms with Crippen molar-refractivity contribution in [3.05, 3.63) is 71.5 Å². The number of nitrogens with one attached hydrogen (secondary N) is 2. The molecule has 0 atom stereocenters. The third-order valence-corrected chi connectivity index (χ3v) is 4.14. The Bertz CT molecular complexity index is 941. The van der Waals surface area contributed by atoms with Gasteiger partial charge in [0, 0.05) is 25.0 Å². The van der Waals surface area contributed by atoms with Crippen LogP contribution in [0.3, 0.4) is 0 Å². The highest BCUT2D eigenvalue weighted by Crippen LogP contribution is 2.30. The second kappa shape index (κ2) is 8.85. The van der Waals surface area contributed by atoms with E-state index < -0.39 is 0 Å². The maximum absolute atomic E-state index is 12.3. The minimum atomic E-state index is -0.228. The summed E-state index contributed by atoms with van der Waals surface area (Å²) in [6, 6.07) is 13.4. The number of rotatable bonds is 7. The van der Waals surface area contributed by atoms with E-state index in [2.05, 4.69) is 20.6 Å². The second-order valence-electron chi connectivity index (χ2n) is 6.15. The molecule has 0 saturated carbocycles. The molecule has 1 heterocycles. The van der Waals surface area contributed by atoms with Crippen molar-refractivity contribution < 1.29 is 14.3 Å². The molecule has 0 aliphatic rings. The van der Waals surface area contributed by atoms with Crippen LogP contribution in [0.15, 0.2) is 54.9 Å². The van der Waals surface area contributed by atoms with Gasteiger partial charge in [-0.15, -0.1) is 0 Å². The molecule has 1 amide bonds. The van der Waals surface area contributed by atoms with Gasteiger partial charge in [0.25, 0.3) is 5.91 Å². The molecular formula is C21H22N4O3. The van der Waals surface area contributed by atoms with Crippen LogP contribution in [-0.4, -0.2) is 30.1 Å². The van der Waals surface area contributed by atoms with E-state index in [9.17, 15) is 4.79 Å². The molecule has 2 N–H and O–H groups in total. The van der Waals surface area contributed by atoms with E-state index in [1.54, 1.807) is 26.4 Å². The summed E-state index contributed by atoms with van der Waals surface area (Å²) in [6.07, 6.45) is 2.96. The Morgan fingerprint density at radius 3 is 2.36 bits per heavy atom. The Balaban J connectivity index is 1.63. The zero-order valence-electron chi connectivity index (χ0n) is 16.0. The lowest BCUT2D eigenvalue weighted by atomic mass is 10.1. The molecule has 2 aromatic carbocycles. The van der Waals surface area contributed by atoms with Crippen LogP contribution in [0.5, 0.6) is 11.5 Å². The molecule has 7 nitrogen and oxygen atoms in total. The van der Waals surface area contributed by atoms with Gasteiger partial charge in [-0.3, -0.25) is 4.79 Å². The normalized spacial score (nSPS) is 10.2. The Hall–Kier alpha value is -3.61. The van der Waals surface area contributed by atoms with Crippen molar-refractivity contribution in [2.45, 2.75) is 13.5 Å². The summed E-state index contributed by atoms with van der Waals surface area (Å²) in [7, 11) is 3.16. The number of nitrogens with zero attached hydrogens (tertiary/aromatic N) is 2. The fourth-order valence-electron chi connectivity index (χ4n) is 2.52. The van der Waals surface area contributed by atoms with Crippen LogP contribution in [0, 0.1) is 6.92 Å². The van der Waals surface area contributed by atoms with Crippen LogP contribution in [0.25, 0.3) is 0 Å². The van der Waals surface area contributed by atoms with Crippen molar-refractivity contribution >= 4 is 17.5 Å². The van der Waals surface area contributed by atoms with Gasteiger partial charge >= 0.3 is 0 Å². The third-order valence-electron chi connectivity index (χ3n) is 4.14. The zero-order valence-corrected chi connectivity index (χ0v) is 16.0. The Morgan fingerprint density at radius 2 is 1.71 bits per heavy atom. The number of hydrogen-bond donors (Lipinski definition) is 2. The molecule has 3 rings (SSSR count). The van der Waals surface area contributed by atoms with Gasteiger partial charge in [0.2, 0.25) is 5.95 Å². The highest BCUT2D eigenvalue weighted by Gasteiger charge is 2.09. The molecule has 0 aliphatic heterocycles. The van der Waals surface area contributed by atoms with Crippen molar-refractivity contribution in [1.82, 2.24) is 15.3 Å². The number of benzene rings is 2. The van der Waals surface area contributed by atoms with Crippen LogP contribution < -0.4 is 20.1 Å². The van der Waals surface area contributed by atoms with Crippen molar-refractivity contribution in [3.63, 3.8) is 0 Å². The fraction of sp³-hybridized carbons (Fsp3) is 0.190. The molecular weight excluding hydrogens is 356 g/mol. The molecule has 0 saturated heterocycles. The molecule has 3 aromatic rings. The number of hydrogen-bond acceptors (Lipinski definition) is 6. The minimum Gasteiger partial charge on any atom is -0.497 e. The van der Waals surface area contributed by atoms with E-state index in [1.165, 1.54) is 18.0 Å². The Kier molecular flexibility index (Phi) is 6.06. The van der Waals surface area contributed by atoms with Gasteiger partial charge in [0.1, 0.15) is 11.5 Å². The summed E-state index contributed by atoms with van der Waals surface area (Å²) in [5, 5.41) is 5.93. The fourth-order valence-corrected chi connectivity index (χ4v) is 2.52. The first kappa shape index (κ1) is 19.2. The lowest BCUT2D eigenvalue weighted by Gasteiger charge is -2.11. The summed E-state index contributed by atoms with van der Waals surface area (Å²) in [6.45, 7) is 2.47. The monoisotopic (exact) mass is 378 g/mol. The molecule has 0 bridgehead atoms. The Labute approximate surface area is 163 Å². The van der Waals surface area contributed by atoms with E-state index in [0.717, 1.165) is 5.56 Å². The van der Waals surface area contributed by atoms with Crippen LogP contribution in [-0.2, 0) is 6.54 Å². The smallest absolute Gasteiger partial charge is 0.254 e. The summed E-state index contributed by atoms with van der Waals surface area (Å²) in [5.41, 5.74) is 3.30. The number of carbonyl (C=O) groups excluding carboxylic acids is 1. The zero-order chi connectivity index (χ0) is 19.9. The molecule has 0 spiro atoms. The highest BCUT2D eigenvalue weighted by atomic mass is 16.5. The molecule has 1 aromatic heterocycles. The van der Waals surface area contributed by atoms with Crippen LogP contribution in [0.2, 0.25) is 0 Å². The summed E-state index contributed by atoms with van der Waals surface area (Å²) in [5.74, 6) is 1.42. The van der Waals surface area contributed by atoms with E-state index >= 15 is 0 Å². The number of ether oxygens (including phenoxy) is 2. The third kappa shape index (κ3) is 4.76. The predicted molar refractivity (Wildman–Crippen MR) is 107 cm³/mol. The van der Waals surface area contributed by atoms with Crippen LogP contribution in [0.4, 0.5) is 11.6 Å². The lowest BCUT2D eigenvalue weighted by Crippen LogP contribution is -2.23. The topological polar surface area (TPSA) is 85.4 Å². The number of carbonyl (C=O) groups is 1. The van der Waals surface area contributed by atoms with Gasteiger partial charge in [0.15, 0.2) is 0 Å². The number of anilines is 2. The number of aryl methyl sites for hydroxylation is 1. The van der Waals surface area contributed by atoms with Crippen LogP contribution >= 0.6 is 0 Å². The van der Waals surface area contributed by atoms with Gasteiger partial charge in [-0.25, -0.2) is 9.97 Å². The number of aromatic nitrogens is 2. The highest BCUT2D eigenvalue weighted by molar-refractivity contribution is 5.93. The van der Waals surface area contributed by atoms with E-state index in [4.69, 9.17) is 9.47 Å². The minimum absolute atomic E-state index is 0.228. The molecule has 7 heteroatoms. The van der Waals surface area contributed by atoms with Crippen molar-refractivity contribution in [2.75, 3.05) is 19.5 Å². The molecule has 144 valence electrons. The molecule has 0 fully saturated rings. The van der Waals surface area contributed by atoms with Gasteiger partial charge in [-0.2, -0.15) is 0 Å². The standard InChI is InChI=1S/C21H22N4O3/c1-14-4-6-15(7-5-14)11-22-20(26)16-12-23-21(24-13-16)25-18-9-8-17(27-2)10-19(18)28-3/h4-10,12-13H,11H2,1-3H3,(H,22,26)(H,23,24,25). The molecule has 0 unspecified atom stereocenters. The first-order chi connectivity index (χ1) is 13.6. The van der Waals surface area contributed by atoms with E-state index in [1.807, 2.05) is 37.3 Å². The van der Waals surface area contributed by atoms with Crippen LogP contribution in [0.1, 0.15) is 21.5 Å². The summed E-state index contributed by atoms with van der Waals surface area (Å²) >= 11 is 0. The first-order valence-corrected chi connectivity index (χ1v) is 8.74. The van der Waals surface area contributed by atoms with Gasteiger partial charge in [-0.1, -0.05) is 29.8 Å². The maximum Gasteiger partial charge on any atom is 0.254 e. The van der Waals surface area contributed by atoms with Gasteiger partial charge in [-0.05, 0) is 24.6 Å².